The Morgan fingerprint density at radius 2 is 1.32 bits per heavy atom. The topological polar surface area (TPSA) is 184 Å². The molecule has 31 heavy (non-hydrogen) atoms. The van der Waals surface area contributed by atoms with Crippen LogP contribution in [-0.2, 0) is 20.2 Å². The van der Waals surface area contributed by atoms with Gasteiger partial charge in [0, 0.05) is 81.8 Å². The van der Waals surface area contributed by atoms with E-state index in [4.69, 9.17) is 5.73 Å². The summed E-state index contributed by atoms with van der Waals surface area (Å²) in [6.07, 6.45) is 0. The van der Waals surface area contributed by atoms with Gasteiger partial charge in [-0.1, -0.05) is 0 Å². The molecule has 0 aromatic heterocycles. The van der Waals surface area contributed by atoms with Gasteiger partial charge in [0.15, 0.2) is 0 Å². The first-order valence-corrected chi connectivity index (χ1v) is 10.7. The van der Waals surface area contributed by atoms with E-state index in [0.717, 1.165) is 24.3 Å². The second kappa shape index (κ2) is 10.2. The van der Waals surface area contributed by atoms with E-state index in [2.05, 4.69) is 5.32 Å². The minimum absolute atomic E-state index is 0. The molecule has 1 amide bonds. The number of anilines is 2. The fourth-order valence-corrected chi connectivity index (χ4v) is 3.74. The van der Waals surface area contributed by atoms with Gasteiger partial charge >= 0.3 is 0 Å². The van der Waals surface area contributed by atoms with Crippen molar-refractivity contribution >= 4 is 107 Å². The fourth-order valence-electron chi connectivity index (χ4n) is 2.66. The second-order valence-electron chi connectivity index (χ2n) is 6.04. The van der Waals surface area contributed by atoms with Crippen LogP contribution in [0.5, 0.6) is 5.75 Å². The molecule has 0 atom stereocenters. The minimum Gasteiger partial charge on any atom is -0.507 e. The number of carbonyl (C=O) groups is 1. The van der Waals surface area contributed by atoms with Gasteiger partial charge < -0.3 is 16.2 Å². The van der Waals surface area contributed by atoms with Crippen LogP contribution in [0.15, 0.2) is 58.3 Å². The monoisotopic (exact) mass is 484 g/mol. The SMILES string of the molecule is Nc1ccc(C(=O)Nc2cc(S(=O)(=O)O)cc3cc(S(=O)(=O)O)cc(O)c23)cc1.[Na].[Na]. The number of rotatable bonds is 4. The summed E-state index contributed by atoms with van der Waals surface area (Å²) in [5.41, 5.74) is 5.93. The molecule has 0 saturated carbocycles. The molecule has 0 fully saturated rings. The number of phenols is 1. The predicted octanol–water partition coefficient (Wildman–Crippen LogP) is 1.11. The van der Waals surface area contributed by atoms with Crippen molar-refractivity contribution in [3.05, 3.63) is 54.1 Å². The Kier molecular flexibility index (Phi) is 9.13. The van der Waals surface area contributed by atoms with E-state index in [1.165, 1.54) is 24.3 Å². The van der Waals surface area contributed by atoms with Crippen molar-refractivity contribution in [2.24, 2.45) is 0 Å². The number of hydrogen-bond donors (Lipinski definition) is 5. The molecule has 0 bridgehead atoms. The third-order valence-electron chi connectivity index (χ3n) is 3.99. The fraction of sp³-hybridized carbons (Fsp3) is 0. The molecule has 0 heterocycles. The van der Waals surface area contributed by atoms with Gasteiger partial charge in [0.2, 0.25) is 0 Å². The van der Waals surface area contributed by atoms with E-state index < -0.39 is 41.7 Å². The van der Waals surface area contributed by atoms with E-state index in [9.17, 15) is 35.8 Å². The average Bonchev–Trinajstić information content (AvgIpc) is 2.60. The number of amides is 1. The number of benzene rings is 3. The Hall–Kier alpha value is -1.19. The van der Waals surface area contributed by atoms with Gasteiger partial charge in [-0.05, 0) is 47.9 Å². The Morgan fingerprint density at radius 1 is 0.839 bits per heavy atom. The maximum absolute atomic E-state index is 12.5. The number of fused-ring (bicyclic) bond motifs is 1. The number of carbonyl (C=O) groups excluding carboxylic acids is 1. The molecule has 0 aliphatic heterocycles. The van der Waals surface area contributed by atoms with Crippen LogP contribution in [-0.4, -0.2) is 96.1 Å². The molecule has 3 aromatic carbocycles. The van der Waals surface area contributed by atoms with Gasteiger partial charge in [-0.2, -0.15) is 16.8 Å². The van der Waals surface area contributed by atoms with E-state index >= 15 is 0 Å². The summed E-state index contributed by atoms with van der Waals surface area (Å²) in [6.45, 7) is 0. The molecule has 3 aromatic rings. The van der Waals surface area contributed by atoms with Crippen LogP contribution in [0.4, 0.5) is 11.4 Å². The largest absolute Gasteiger partial charge is 0.507 e. The Morgan fingerprint density at radius 3 is 1.81 bits per heavy atom. The van der Waals surface area contributed by atoms with Crippen molar-refractivity contribution in [2.45, 2.75) is 9.79 Å². The van der Waals surface area contributed by atoms with Gasteiger partial charge in [-0.25, -0.2) is 0 Å². The molecule has 0 saturated heterocycles. The molecule has 10 nitrogen and oxygen atoms in total. The summed E-state index contributed by atoms with van der Waals surface area (Å²) in [5, 5.41) is 12.4. The zero-order valence-electron chi connectivity index (χ0n) is 16.4. The quantitative estimate of drug-likeness (QED) is 0.206. The number of hydrogen-bond acceptors (Lipinski definition) is 7. The molecule has 6 N–H and O–H groups in total. The zero-order valence-corrected chi connectivity index (χ0v) is 22.0. The summed E-state index contributed by atoms with van der Waals surface area (Å²) >= 11 is 0. The maximum atomic E-state index is 12.5. The molecular weight excluding hydrogens is 470 g/mol. The van der Waals surface area contributed by atoms with E-state index in [-0.39, 0.29) is 81.1 Å². The van der Waals surface area contributed by atoms with Crippen LogP contribution in [0.25, 0.3) is 10.8 Å². The standard InChI is InChI=1S/C17H14N2O8S2.2Na/c18-11-3-1-9(2-4-11)17(21)19-14-7-12(28(22,23)24)5-10-6-13(29(25,26)27)8-15(20)16(10)14;;/h1-8,20H,18H2,(H,19,21)(H,22,23,24)(H,25,26,27);;. The maximum Gasteiger partial charge on any atom is 0.294 e. The van der Waals surface area contributed by atoms with Crippen molar-refractivity contribution in [3.8, 4) is 5.75 Å². The number of phenolic OH excluding ortho intramolecular Hbond substituents is 1. The summed E-state index contributed by atoms with van der Waals surface area (Å²) in [5.74, 6) is -1.33. The first-order chi connectivity index (χ1) is 13.4. The summed E-state index contributed by atoms with van der Waals surface area (Å²) in [7, 11) is -9.46. The smallest absolute Gasteiger partial charge is 0.294 e. The number of aromatic hydroxyl groups is 1. The van der Waals surface area contributed by atoms with Gasteiger partial charge in [-0.3, -0.25) is 13.9 Å². The third-order valence-corrected chi connectivity index (χ3v) is 5.65. The molecular formula is C17H14N2Na2O8S2. The van der Waals surface area contributed by atoms with Crippen molar-refractivity contribution < 1.29 is 35.8 Å². The zero-order chi connectivity index (χ0) is 21.6. The second-order valence-corrected chi connectivity index (χ2v) is 8.88. The van der Waals surface area contributed by atoms with Crippen LogP contribution in [0.1, 0.15) is 10.4 Å². The van der Waals surface area contributed by atoms with E-state index in [1.54, 1.807) is 0 Å². The van der Waals surface area contributed by atoms with Gasteiger partial charge in [0.05, 0.1) is 15.5 Å². The molecule has 0 aliphatic carbocycles. The number of nitrogen functional groups attached to an aromatic ring is 1. The van der Waals surface area contributed by atoms with Crippen LogP contribution in [0.2, 0.25) is 0 Å². The van der Waals surface area contributed by atoms with Crippen molar-refractivity contribution in [1.29, 1.82) is 0 Å². The minimum atomic E-state index is -4.75. The molecule has 14 heteroatoms. The molecule has 0 aliphatic rings. The van der Waals surface area contributed by atoms with Crippen molar-refractivity contribution in [2.75, 3.05) is 11.1 Å². The van der Waals surface area contributed by atoms with Gasteiger partial charge in [0.25, 0.3) is 26.1 Å². The summed E-state index contributed by atoms with van der Waals surface area (Å²) < 4.78 is 64.5. The van der Waals surface area contributed by atoms with E-state index in [1.807, 2.05) is 0 Å². The average molecular weight is 484 g/mol. The third kappa shape index (κ3) is 6.42. The predicted molar refractivity (Wildman–Crippen MR) is 116 cm³/mol. The molecule has 2 radical (unpaired) electrons. The van der Waals surface area contributed by atoms with E-state index in [0.29, 0.717) is 5.69 Å². The first-order valence-electron chi connectivity index (χ1n) is 7.79. The van der Waals surface area contributed by atoms with Gasteiger partial charge in [0.1, 0.15) is 5.75 Å². The molecule has 154 valence electrons. The Balaban J connectivity index is 0.00000240. The Bertz CT molecular complexity index is 1350. The van der Waals surface area contributed by atoms with Crippen molar-refractivity contribution in [1.82, 2.24) is 0 Å². The van der Waals surface area contributed by atoms with Crippen LogP contribution in [0.3, 0.4) is 0 Å². The van der Waals surface area contributed by atoms with Crippen LogP contribution in [0, 0.1) is 0 Å². The van der Waals surface area contributed by atoms with Gasteiger partial charge in [-0.15, -0.1) is 0 Å². The number of nitrogens with two attached hydrogens (primary N) is 1. The molecule has 0 unspecified atom stereocenters. The van der Waals surface area contributed by atoms with Crippen LogP contribution >= 0.6 is 0 Å². The molecule has 0 spiro atoms. The molecule has 3 rings (SSSR count). The summed E-state index contributed by atoms with van der Waals surface area (Å²) in [6, 6.07) is 9.18. The normalized spacial score (nSPS) is 11.3. The van der Waals surface area contributed by atoms with Crippen LogP contribution < -0.4 is 11.1 Å². The summed E-state index contributed by atoms with van der Waals surface area (Å²) in [4.78, 5) is 11.1. The van der Waals surface area contributed by atoms with Crippen molar-refractivity contribution in [3.63, 3.8) is 0 Å². The Labute approximate surface area is 221 Å². The first kappa shape index (κ1) is 27.8. The number of nitrogens with one attached hydrogen (secondary N) is 1.